The maximum absolute atomic E-state index is 12.6. The zero-order valence-corrected chi connectivity index (χ0v) is 14.8. The minimum absolute atomic E-state index is 0.0713. The summed E-state index contributed by atoms with van der Waals surface area (Å²) in [5.74, 6) is -3.35. The Bertz CT molecular complexity index is 1020. The molecule has 1 aromatic carbocycles. The first-order chi connectivity index (χ1) is 13.1. The first kappa shape index (κ1) is 19.8. The summed E-state index contributed by atoms with van der Waals surface area (Å²) >= 11 is 0. The van der Waals surface area contributed by atoms with E-state index in [0.29, 0.717) is 0 Å². The zero-order chi connectivity index (χ0) is 20.5. The van der Waals surface area contributed by atoms with Crippen molar-refractivity contribution in [3.63, 3.8) is 0 Å². The third kappa shape index (κ3) is 4.12. The second-order valence-electron chi connectivity index (χ2n) is 5.68. The van der Waals surface area contributed by atoms with Gasteiger partial charge in [-0.25, -0.2) is 8.42 Å². The van der Waals surface area contributed by atoms with Gasteiger partial charge in [0.05, 0.1) is 11.4 Å². The van der Waals surface area contributed by atoms with E-state index in [2.05, 4.69) is 20.7 Å². The Balaban J connectivity index is 1.80. The molecule has 3 rings (SSSR count). The molecule has 3 N–H and O–H groups in total. The zero-order valence-electron chi connectivity index (χ0n) is 13.9. The lowest BCUT2D eigenvalue weighted by Gasteiger charge is -2.26. The number of nitrogens with zero attached hydrogens (tertiary/aromatic N) is 3. The van der Waals surface area contributed by atoms with Crippen molar-refractivity contribution in [3.8, 4) is 0 Å². The van der Waals surface area contributed by atoms with Crippen molar-refractivity contribution >= 4 is 27.8 Å². The van der Waals surface area contributed by atoms with Gasteiger partial charge in [0.25, 0.3) is 5.91 Å². The predicted molar refractivity (Wildman–Crippen MR) is 87.5 cm³/mol. The molecule has 10 nitrogen and oxygen atoms in total. The van der Waals surface area contributed by atoms with Crippen LogP contribution in [0.3, 0.4) is 0 Å². The van der Waals surface area contributed by atoms with Crippen molar-refractivity contribution in [2.24, 2.45) is 0 Å². The SMILES string of the molecule is O=C1CN(S(=O)(=O)c2cccc(C(=O)Nc3n[nH]c(C(F)(F)F)n3)c2)CCN1. The number of alkyl halides is 3. The van der Waals surface area contributed by atoms with E-state index < -0.39 is 39.8 Å². The van der Waals surface area contributed by atoms with E-state index in [1.807, 2.05) is 0 Å². The second kappa shape index (κ2) is 7.20. The molecule has 150 valence electrons. The maximum Gasteiger partial charge on any atom is 0.451 e. The number of sulfonamides is 1. The Morgan fingerprint density at radius 1 is 1.29 bits per heavy atom. The second-order valence-corrected chi connectivity index (χ2v) is 7.61. The minimum Gasteiger partial charge on any atom is -0.354 e. The van der Waals surface area contributed by atoms with Crippen LogP contribution < -0.4 is 10.6 Å². The van der Waals surface area contributed by atoms with Gasteiger partial charge in [-0.2, -0.15) is 22.5 Å². The van der Waals surface area contributed by atoms with Crippen molar-refractivity contribution in [2.45, 2.75) is 11.1 Å². The quantitative estimate of drug-likeness (QED) is 0.649. The van der Waals surface area contributed by atoms with Crippen LogP contribution in [0.4, 0.5) is 19.1 Å². The van der Waals surface area contributed by atoms with Crippen molar-refractivity contribution in [1.29, 1.82) is 0 Å². The number of carbonyl (C=O) groups excluding carboxylic acids is 2. The van der Waals surface area contributed by atoms with Gasteiger partial charge in [0.15, 0.2) is 0 Å². The number of aromatic amines is 1. The van der Waals surface area contributed by atoms with E-state index in [1.54, 1.807) is 5.10 Å². The van der Waals surface area contributed by atoms with Gasteiger partial charge in [-0.3, -0.25) is 20.0 Å². The molecule has 1 aromatic heterocycles. The van der Waals surface area contributed by atoms with Crippen molar-refractivity contribution in [2.75, 3.05) is 25.0 Å². The molecule has 0 radical (unpaired) electrons. The number of aromatic nitrogens is 3. The Labute approximate surface area is 156 Å². The lowest BCUT2D eigenvalue weighted by Crippen LogP contribution is -2.49. The Kier molecular flexibility index (Phi) is 5.08. The monoisotopic (exact) mass is 418 g/mol. The molecule has 2 heterocycles. The number of H-pyrrole nitrogens is 1. The lowest BCUT2D eigenvalue weighted by molar-refractivity contribution is -0.144. The molecule has 0 spiro atoms. The fraction of sp³-hybridized carbons (Fsp3) is 0.286. The van der Waals surface area contributed by atoms with Gasteiger partial charge in [-0.1, -0.05) is 6.07 Å². The summed E-state index contributed by atoms with van der Waals surface area (Å²) in [5.41, 5.74) is -0.138. The van der Waals surface area contributed by atoms with Crippen LogP contribution in [0.1, 0.15) is 16.2 Å². The molecule has 28 heavy (non-hydrogen) atoms. The molecule has 0 aliphatic carbocycles. The van der Waals surface area contributed by atoms with E-state index in [1.165, 1.54) is 18.2 Å². The van der Waals surface area contributed by atoms with Gasteiger partial charge in [0, 0.05) is 18.7 Å². The van der Waals surface area contributed by atoms with Crippen LogP contribution in [0.25, 0.3) is 0 Å². The van der Waals surface area contributed by atoms with Gasteiger partial charge in [0.2, 0.25) is 27.7 Å². The summed E-state index contributed by atoms with van der Waals surface area (Å²) in [4.78, 5) is 26.5. The van der Waals surface area contributed by atoms with Crippen molar-refractivity contribution in [1.82, 2.24) is 24.8 Å². The summed E-state index contributed by atoms with van der Waals surface area (Å²) < 4.78 is 63.8. The molecular formula is C14H13F3N6O4S. The minimum atomic E-state index is -4.76. The summed E-state index contributed by atoms with van der Waals surface area (Å²) in [7, 11) is -4.03. The molecule has 0 unspecified atom stereocenters. The molecule has 1 aliphatic rings. The van der Waals surface area contributed by atoms with Crippen LogP contribution in [0.5, 0.6) is 0 Å². The van der Waals surface area contributed by atoms with Crippen LogP contribution in [-0.2, 0) is 21.0 Å². The molecular weight excluding hydrogens is 405 g/mol. The maximum atomic E-state index is 12.6. The van der Waals surface area contributed by atoms with Crippen LogP contribution >= 0.6 is 0 Å². The highest BCUT2D eigenvalue weighted by atomic mass is 32.2. The Hall–Kier alpha value is -3.00. The predicted octanol–water partition coefficient (Wildman–Crippen LogP) is 0.196. The van der Waals surface area contributed by atoms with Crippen molar-refractivity contribution < 1.29 is 31.2 Å². The number of halogens is 3. The molecule has 0 bridgehead atoms. The van der Waals surface area contributed by atoms with E-state index >= 15 is 0 Å². The molecule has 2 aromatic rings. The van der Waals surface area contributed by atoms with Gasteiger partial charge in [-0.15, -0.1) is 5.10 Å². The standard InChI is InChI=1S/C14H13F3N6O4S/c15-14(16,17)12-20-13(22-21-12)19-11(25)8-2-1-3-9(6-8)28(26,27)23-5-4-18-10(24)7-23/h1-3,6H,4-5,7H2,(H,18,24)(H2,19,20,21,22,25). The fourth-order valence-electron chi connectivity index (χ4n) is 2.39. The number of nitrogens with one attached hydrogen (secondary N) is 3. The molecule has 0 saturated carbocycles. The topological polar surface area (TPSA) is 137 Å². The van der Waals surface area contributed by atoms with Crippen LogP contribution in [0, 0.1) is 0 Å². The normalized spacial score (nSPS) is 15.9. The highest BCUT2D eigenvalue weighted by Gasteiger charge is 2.35. The fourth-order valence-corrected chi connectivity index (χ4v) is 3.83. The molecule has 2 amide bonds. The molecule has 1 fully saturated rings. The average Bonchev–Trinajstić information content (AvgIpc) is 3.11. The van der Waals surface area contributed by atoms with Gasteiger partial charge in [0.1, 0.15) is 0 Å². The molecule has 1 saturated heterocycles. The van der Waals surface area contributed by atoms with Crippen LogP contribution in [-0.4, -0.2) is 59.4 Å². The van der Waals surface area contributed by atoms with Gasteiger partial charge in [-0.05, 0) is 18.2 Å². The first-order valence-corrected chi connectivity index (χ1v) is 9.19. The van der Waals surface area contributed by atoms with Crippen molar-refractivity contribution in [3.05, 3.63) is 35.7 Å². The number of benzene rings is 1. The molecule has 1 aliphatic heterocycles. The number of carbonyl (C=O) groups is 2. The largest absolute Gasteiger partial charge is 0.451 e. The first-order valence-electron chi connectivity index (χ1n) is 7.75. The van der Waals surface area contributed by atoms with Gasteiger partial charge < -0.3 is 5.32 Å². The van der Waals surface area contributed by atoms with E-state index in [9.17, 15) is 31.2 Å². The number of hydrogen-bond donors (Lipinski definition) is 3. The summed E-state index contributed by atoms with van der Waals surface area (Å²) in [6.45, 7) is -0.122. The smallest absolute Gasteiger partial charge is 0.354 e. The highest BCUT2D eigenvalue weighted by molar-refractivity contribution is 7.89. The summed E-state index contributed by atoms with van der Waals surface area (Å²) in [6, 6.07) is 4.86. The molecule has 0 atom stereocenters. The summed E-state index contributed by atoms with van der Waals surface area (Å²) in [6.07, 6.45) is -4.76. The molecule has 14 heteroatoms. The third-order valence-electron chi connectivity index (χ3n) is 3.72. The highest BCUT2D eigenvalue weighted by Crippen LogP contribution is 2.26. The van der Waals surface area contributed by atoms with E-state index in [4.69, 9.17) is 0 Å². The Morgan fingerprint density at radius 2 is 2.04 bits per heavy atom. The Morgan fingerprint density at radius 3 is 2.68 bits per heavy atom. The van der Waals surface area contributed by atoms with Crippen LogP contribution in [0.2, 0.25) is 0 Å². The van der Waals surface area contributed by atoms with E-state index in [-0.39, 0.29) is 30.1 Å². The number of hydrogen-bond acceptors (Lipinski definition) is 6. The van der Waals surface area contributed by atoms with E-state index in [0.717, 1.165) is 10.4 Å². The number of anilines is 1. The summed E-state index contributed by atoms with van der Waals surface area (Å²) in [5, 5.41) is 9.44. The number of piperazine rings is 1. The average molecular weight is 418 g/mol. The third-order valence-corrected chi connectivity index (χ3v) is 5.56. The number of amides is 2. The van der Waals surface area contributed by atoms with Crippen LogP contribution in [0.15, 0.2) is 29.2 Å². The van der Waals surface area contributed by atoms with Gasteiger partial charge >= 0.3 is 6.18 Å². The lowest BCUT2D eigenvalue weighted by atomic mass is 10.2. The number of rotatable bonds is 4.